The minimum Gasteiger partial charge on any atom is -0.454 e. The largest absolute Gasteiger partial charge is 0.454 e. The van der Waals surface area contributed by atoms with Crippen molar-refractivity contribution in [2.45, 2.75) is 301 Å². The first kappa shape index (κ1) is 72.6. The minimum atomic E-state index is -1.63. The smallest absolute Gasteiger partial charge is 0.306 e. The van der Waals surface area contributed by atoms with Gasteiger partial charge >= 0.3 is 5.97 Å². The molecule has 1 aliphatic rings. The van der Waals surface area contributed by atoms with E-state index >= 15 is 0 Å². The van der Waals surface area contributed by atoms with Gasteiger partial charge < -0.3 is 45.1 Å². The fourth-order valence-corrected chi connectivity index (χ4v) is 9.28. The molecule has 0 aromatic rings. The Morgan fingerprint density at radius 2 is 0.974 bits per heavy atom. The zero-order valence-corrected chi connectivity index (χ0v) is 49.5. The second kappa shape index (κ2) is 54.2. The summed E-state index contributed by atoms with van der Waals surface area (Å²) in [5, 5.41) is 57.0. The molecule has 0 aliphatic carbocycles. The number of aliphatic hydroxyl groups excluding tert-OH is 5. The van der Waals surface area contributed by atoms with Crippen LogP contribution in [0.5, 0.6) is 0 Å². The van der Waals surface area contributed by atoms with Crippen molar-refractivity contribution in [1.29, 1.82) is 0 Å². The summed E-state index contributed by atoms with van der Waals surface area (Å²) in [5.74, 6) is -1.22. The highest BCUT2D eigenvalue weighted by atomic mass is 16.7. The number of esters is 1. The van der Waals surface area contributed by atoms with Gasteiger partial charge in [-0.25, -0.2) is 0 Å². The van der Waals surface area contributed by atoms with Crippen LogP contribution < -0.4 is 5.32 Å². The Bertz CT molecular complexity index is 1630. The van der Waals surface area contributed by atoms with E-state index in [1.165, 1.54) is 77.0 Å². The average molecular weight is 1090 g/mol. The molecular formula is C67H115NO10. The van der Waals surface area contributed by atoms with E-state index in [4.69, 9.17) is 14.2 Å². The second-order valence-electron chi connectivity index (χ2n) is 21.5. The third kappa shape index (κ3) is 41.6. The number of allylic oxidation sites excluding steroid dienone is 15. The molecule has 1 saturated heterocycles. The van der Waals surface area contributed by atoms with Crippen molar-refractivity contribution < 1.29 is 49.3 Å². The summed E-state index contributed by atoms with van der Waals surface area (Å²) in [6.45, 7) is 5.61. The molecule has 0 aromatic heterocycles. The Morgan fingerprint density at radius 1 is 0.526 bits per heavy atom. The van der Waals surface area contributed by atoms with Crippen LogP contribution in [0, 0.1) is 0 Å². The van der Waals surface area contributed by atoms with Crippen molar-refractivity contribution in [2.24, 2.45) is 0 Å². The SMILES string of the molecule is CC/C=C/C=C/C=C/CCCCCCCCCC(=O)OC1C(OCC(NC(=O)C(O)CCCCCCCC/C=C\C/C=C\C/C=C\C/C=C\CCCCC)C(O)/C=C/CCCCCCCCCCCC)OC(CO)C(O)C1O. The van der Waals surface area contributed by atoms with Crippen molar-refractivity contribution in [3.63, 3.8) is 0 Å². The molecule has 8 unspecified atom stereocenters. The number of aliphatic hydroxyl groups is 5. The van der Waals surface area contributed by atoms with Crippen LogP contribution in [-0.4, -0.2) is 99.6 Å². The standard InChI is InChI=1S/C67H115NO10/c1-4-7-10-13-16-19-22-25-27-28-29-30-31-32-33-35-36-39-42-45-48-51-54-60(71)66(75)68-58(59(70)53-50-47-44-41-38-24-21-18-15-12-9-6-3)57-76-67-65(64(74)63(73)61(56-69)77-67)78-62(72)55-52-49-46-43-40-37-34-26-23-20-17-14-11-8-5-2/h8,11,14,16-17,19-20,23,25,27,29-30,32-33,50,53,58-61,63-65,67,69-71,73-74H,4-7,9-10,12-13,15,18,21-22,24,26,28,31,34-49,51-52,54-57H2,1-3H3,(H,68,75)/b11-8+,17-14+,19-16-,23-20+,27-25-,30-29-,33-32-,53-50+. The first-order chi connectivity index (χ1) is 38.2. The van der Waals surface area contributed by atoms with Crippen molar-refractivity contribution in [2.75, 3.05) is 13.2 Å². The maximum atomic E-state index is 13.4. The molecular weight excluding hydrogens is 979 g/mol. The van der Waals surface area contributed by atoms with Gasteiger partial charge in [0.2, 0.25) is 5.91 Å². The molecule has 11 heteroatoms. The Labute approximate surface area is 475 Å². The van der Waals surface area contributed by atoms with Crippen LogP contribution in [-0.2, 0) is 23.8 Å². The number of ether oxygens (including phenoxy) is 3. The van der Waals surface area contributed by atoms with Crippen molar-refractivity contribution in [3.05, 3.63) is 97.2 Å². The van der Waals surface area contributed by atoms with Gasteiger partial charge in [-0.1, -0.05) is 253 Å². The van der Waals surface area contributed by atoms with Gasteiger partial charge in [0.25, 0.3) is 0 Å². The van der Waals surface area contributed by atoms with Gasteiger partial charge in [-0.2, -0.15) is 0 Å². The Morgan fingerprint density at radius 3 is 1.51 bits per heavy atom. The predicted molar refractivity (Wildman–Crippen MR) is 324 cm³/mol. The zero-order chi connectivity index (χ0) is 56.8. The van der Waals surface area contributed by atoms with E-state index in [9.17, 15) is 35.1 Å². The van der Waals surface area contributed by atoms with Gasteiger partial charge in [-0.15, -0.1) is 0 Å². The van der Waals surface area contributed by atoms with Crippen LogP contribution >= 0.6 is 0 Å². The van der Waals surface area contributed by atoms with E-state index < -0.39 is 67.4 Å². The molecule has 78 heavy (non-hydrogen) atoms. The Balaban J connectivity index is 2.68. The molecule has 0 aromatic carbocycles. The first-order valence-corrected chi connectivity index (χ1v) is 31.5. The van der Waals surface area contributed by atoms with Crippen LogP contribution in [0.25, 0.3) is 0 Å². The molecule has 0 radical (unpaired) electrons. The maximum absolute atomic E-state index is 13.4. The Kier molecular flexibility index (Phi) is 50.4. The maximum Gasteiger partial charge on any atom is 0.306 e. The minimum absolute atomic E-state index is 0.104. The van der Waals surface area contributed by atoms with Gasteiger partial charge in [0.05, 0.1) is 25.4 Å². The van der Waals surface area contributed by atoms with E-state index in [1.807, 2.05) is 12.2 Å². The molecule has 0 spiro atoms. The third-order valence-electron chi connectivity index (χ3n) is 14.3. The van der Waals surface area contributed by atoms with Gasteiger partial charge in [-0.3, -0.25) is 9.59 Å². The van der Waals surface area contributed by atoms with Crippen LogP contribution in [0.15, 0.2) is 97.2 Å². The highest BCUT2D eigenvalue weighted by Crippen LogP contribution is 2.26. The lowest BCUT2D eigenvalue weighted by atomic mass is 9.99. The number of amides is 1. The van der Waals surface area contributed by atoms with Crippen LogP contribution in [0.2, 0.25) is 0 Å². The van der Waals surface area contributed by atoms with Crippen LogP contribution in [0.4, 0.5) is 0 Å². The fourth-order valence-electron chi connectivity index (χ4n) is 9.28. The summed E-state index contributed by atoms with van der Waals surface area (Å²) in [6.07, 6.45) is 61.5. The van der Waals surface area contributed by atoms with Crippen LogP contribution in [0.3, 0.4) is 0 Å². The molecule has 1 rings (SSSR count). The predicted octanol–water partition coefficient (Wildman–Crippen LogP) is 15.1. The number of nitrogens with one attached hydrogen (secondary N) is 1. The number of carbonyl (C=O) groups is 2. The molecule has 1 heterocycles. The molecule has 1 amide bonds. The highest BCUT2D eigenvalue weighted by molar-refractivity contribution is 5.80. The van der Waals surface area contributed by atoms with E-state index in [0.29, 0.717) is 12.8 Å². The van der Waals surface area contributed by atoms with Gasteiger partial charge in [0.1, 0.15) is 24.4 Å². The van der Waals surface area contributed by atoms with Crippen LogP contribution in [0.1, 0.15) is 252 Å². The monoisotopic (exact) mass is 1090 g/mol. The van der Waals surface area contributed by atoms with E-state index in [0.717, 1.165) is 128 Å². The molecule has 0 bridgehead atoms. The normalized spacial score (nSPS) is 19.6. The molecule has 8 atom stereocenters. The average Bonchev–Trinajstić information content (AvgIpc) is 3.45. The lowest BCUT2D eigenvalue weighted by molar-refractivity contribution is -0.305. The molecule has 0 saturated carbocycles. The van der Waals surface area contributed by atoms with Crippen molar-refractivity contribution in [1.82, 2.24) is 5.32 Å². The number of unbranched alkanes of at least 4 members (excludes halogenated alkanes) is 26. The van der Waals surface area contributed by atoms with Crippen molar-refractivity contribution >= 4 is 11.9 Å². The van der Waals surface area contributed by atoms with Gasteiger partial charge in [-0.05, 0) is 89.9 Å². The molecule has 11 nitrogen and oxygen atoms in total. The van der Waals surface area contributed by atoms with E-state index in [2.05, 4.69) is 105 Å². The first-order valence-electron chi connectivity index (χ1n) is 31.5. The topological polar surface area (TPSA) is 175 Å². The summed E-state index contributed by atoms with van der Waals surface area (Å²) >= 11 is 0. The van der Waals surface area contributed by atoms with Gasteiger partial charge in [0.15, 0.2) is 12.4 Å². The van der Waals surface area contributed by atoms with E-state index in [-0.39, 0.29) is 19.4 Å². The molecule has 6 N–H and O–H groups in total. The second-order valence-corrected chi connectivity index (χ2v) is 21.5. The molecule has 1 fully saturated rings. The molecule has 448 valence electrons. The lowest BCUT2D eigenvalue weighted by Crippen LogP contribution is -2.61. The quantitative estimate of drug-likeness (QED) is 0.0149. The zero-order valence-electron chi connectivity index (χ0n) is 49.5. The van der Waals surface area contributed by atoms with Crippen molar-refractivity contribution in [3.8, 4) is 0 Å². The van der Waals surface area contributed by atoms with Gasteiger partial charge in [0, 0.05) is 6.42 Å². The summed E-state index contributed by atoms with van der Waals surface area (Å²) in [4.78, 5) is 26.5. The summed E-state index contributed by atoms with van der Waals surface area (Å²) in [7, 11) is 0. The fraction of sp³-hybridized carbons (Fsp3) is 0.731. The number of hydrogen-bond donors (Lipinski definition) is 6. The summed E-state index contributed by atoms with van der Waals surface area (Å²) in [5.41, 5.74) is 0. The third-order valence-corrected chi connectivity index (χ3v) is 14.3. The number of rotatable bonds is 52. The van der Waals surface area contributed by atoms with E-state index in [1.54, 1.807) is 6.08 Å². The summed E-state index contributed by atoms with van der Waals surface area (Å²) in [6, 6.07) is -1.04. The Hall–Kier alpha value is -3.42. The summed E-state index contributed by atoms with van der Waals surface area (Å²) < 4.78 is 17.6. The number of carbonyl (C=O) groups excluding carboxylic acids is 2. The lowest BCUT2D eigenvalue weighted by Gasteiger charge is -2.41. The molecule has 1 aliphatic heterocycles. The number of hydrogen-bond acceptors (Lipinski definition) is 10. The highest BCUT2D eigenvalue weighted by Gasteiger charge is 2.47.